The molecule has 0 bridgehead atoms. The smallest absolute Gasteiger partial charge is 0.253 e. The SMILES string of the molecule is CCN(Cc1ccccc1)[C@H](c1cc2ccc(C)cc2[nH]c1=O)c1nnnn1C1CCCCC1. The fraction of sp³-hybridized carbons (Fsp3) is 0.407. The summed E-state index contributed by atoms with van der Waals surface area (Å²) in [7, 11) is 0. The molecule has 2 aromatic heterocycles. The Bertz CT molecular complexity index is 1310. The molecule has 5 rings (SSSR count). The Kier molecular flexibility index (Phi) is 6.54. The summed E-state index contributed by atoms with van der Waals surface area (Å²) in [5, 5.41) is 14.1. The molecule has 1 N–H and O–H groups in total. The molecule has 1 atom stereocenters. The van der Waals surface area contributed by atoms with E-state index in [0.29, 0.717) is 12.1 Å². The van der Waals surface area contributed by atoms with E-state index in [1.165, 1.54) is 24.8 Å². The molecule has 1 aliphatic carbocycles. The number of pyridine rings is 1. The van der Waals surface area contributed by atoms with Crippen LogP contribution < -0.4 is 5.56 Å². The average molecular weight is 457 g/mol. The molecule has 1 saturated carbocycles. The van der Waals surface area contributed by atoms with Crippen molar-refractivity contribution in [2.24, 2.45) is 0 Å². The molecule has 7 nitrogen and oxygen atoms in total. The average Bonchev–Trinajstić information content (AvgIpc) is 3.34. The Morgan fingerprint density at radius 1 is 1.09 bits per heavy atom. The molecule has 34 heavy (non-hydrogen) atoms. The fourth-order valence-corrected chi connectivity index (χ4v) is 5.20. The van der Waals surface area contributed by atoms with Crippen molar-refractivity contribution in [1.29, 1.82) is 0 Å². The van der Waals surface area contributed by atoms with E-state index in [2.05, 4.69) is 68.7 Å². The minimum absolute atomic E-state index is 0.0900. The largest absolute Gasteiger partial charge is 0.322 e. The van der Waals surface area contributed by atoms with Crippen LogP contribution in [0.2, 0.25) is 0 Å². The number of aromatic nitrogens is 5. The minimum atomic E-state index is -0.350. The Labute approximate surface area is 199 Å². The van der Waals surface area contributed by atoms with Crippen LogP contribution in [-0.4, -0.2) is 36.6 Å². The lowest BCUT2D eigenvalue weighted by Crippen LogP contribution is -2.35. The molecule has 2 heterocycles. The molecule has 0 spiro atoms. The first-order valence-electron chi connectivity index (χ1n) is 12.3. The van der Waals surface area contributed by atoms with Crippen molar-refractivity contribution >= 4 is 10.9 Å². The summed E-state index contributed by atoms with van der Waals surface area (Å²) in [5.41, 5.74) is 3.76. The highest BCUT2D eigenvalue weighted by Crippen LogP contribution is 2.33. The Morgan fingerprint density at radius 3 is 2.65 bits per heavy atom. The minimum Gasteiger partial charge on any atom is -0.322 e. The molecule has 0 aliphatic heterocycles. The van der Waals surface area contributed by atoms with Crippen LogP contribution in [-0.2, 0) is 6.54 Å². The molecule has 0 amide bonds. The van der Waals surface area contributed by atoms with E-state index >= 15 is 0 Å². The first kappa shape index (κ1) is 22.5. The number of hydrogen-bond acceptors (Lipinski definition) is 5. The van der Waals surface area contributed by atoms with Crippen molar-refractivity contribution in [2.75, 3.05) is 6.54 Å². The number of nitrogens with one attached hydrogen (secondary N) is 1. The number of rotatable bonds is 7. The third-order valence-corrected chi connectivity index (χ3v) is 7.01. The van der Waals surface area contributed by atoms with Crippen molar-refractivity contribution in [2.45, 2.75) is 64.6 Å². The summed E-state index contributed by atoms with van der Waals surface area (Å²) >= 11 is 0. The number of benzene rings is 2. The second-order valence-corrected chi connectivity index (χ2v) is 9.37. The number of hydrogen-bond donors (Lipinski definition) is 1. The van der Waals surface area contributed by atoms with Gasteiger partial charge >= 0.3 is 0 Å². The van der Waals surface area contributed by atoms with Crippen LogP contribution in [0.5, 0.6) is 0 Å². The first-order valence-corrected chi connectivity index (χ1v) is 12.3. The van der Waals surface area contributed by atoms with E-state index < -0.39 is 0 Å². The maximum absolute atomic E-state index is 13.5. The Hall–Kier alpha value is -3.32. The van der Waals surface area contributed by atoms with Crippen LogP contribution in [0.15, 0.2) is 59.4 Å². The van der Waals surface area contributed by atoms with Gasteiger partial charge in [-0.3, -0.25) is 9.69 Å². The molecule has 7 heteroatoms. The molecule has 1 aliphatic rings. The van der Waals surface area contributed by atoms with Gasteiger partial charge in [0, 0.05) is 17.6 Å². The highest BCUT2D eigenvalue weighted by Gasteiger charge is 2.32. The van der Waals surface area contributed by atoms with Crippen molar-refractivity contribution < 1.29 is 0 Å². The summed E-state index contributed by atoms with van der Waals surface area (Å²) in [5.74, 6) is 0.752. The molecule has 176 valence electrons. The topological polar surface area (TPSA) is 79.7 Å². The predicted octanol–water partition coefficient (Wildman–Crippen LogP) is 4.94. The summed E-state index contributed by atoms with van der Waals surface area (Å²) in [6, 6.07) is 18.5. The quantitative estimate of drug-likeness (QED) is 0.426. The lowest BCUT2D eigenvalue weighted by Gasteiger charge is -2.32. The van der Waals surface area contributed by atoms with Crippen LogP contribution in [0.25, 0.3) is 10.9 Å². The van der Waals surface area contributed by atoms with E-state index in [1.54, 1.807) is 0 Å². The van der Waals surface area contributed by atoms with Gasteiger partial charge in [0.05, 0.1) is 6.04 Å². The first-order chi connectivity index (χ1) is 16.6. The van der Waals surface area contributed by atoms with Crippen molar-refractivity contribution in [3.8, 4) is 0 Å². The predicted molar refractivity (Wildman–Crippen MR) is 134 cm³/mol. The molecular formula is C27H32N6O. The third kappa shape index (κ3) is 4.53. The van der Waals surface area contributed by atoms with E-state index in [0.717, 1.165) is 41.7 Å². The molecule has 4 aromatic rings. The Balaban J connectivity index is 1.64. The summed E-state index contributed by atoms with van der Waals surface area (Å²) in [6.07, 6.45) is 5.78. The van der Waals surface area contributed by atoms with Gasteiger partial charge in [0.25, 0.3) is 5.56 Å². The van der Waals surface area contributed by atoms with E-state index in [9.17, 15) is 4.79 Å². The maximum atomic E-state index is 13.5. The second kappa shape index (κ2) is 9.89. The van der Waals surface area contributed by atoms with Gasteiger partial charge in [0.1, 0.15) is 6.04 Å². The highest BCUT2D eigenvalue weighted by molar-refractivity contribution is 5.79. The molecule has 0 saturated heterocycles. The van der Waals surface area contributed by atoms with Crippen LogP contribution >= 0.6 is 0 Å². The molecular weight excluding hydrogens is 424 g/mol. The monoisotopic (exact) mass is 456 g/mol. The summed E-state index contributed by atoms with van der Waals surface area (Å²) in [6.45, 7) is 5.61. The number of tetrazole rings is 1. The molecule has 2 aromatic carbocycles. The zero-order chi connectivity index (χ0) is 23.5. The maximum Gasteiger partial charge on any atom is 0.253 e. The van der Waals surface area contributed by atoms with Crippen molar-refractivity contribution in [3.05, 3.63) is 87.5 Å². The number of H-pyrrole nitrogens is 1. The summed E-state index contributed by atoms with van der Waals surface area (Å²) in [4.78, 5) is 18.9. The van der Waals surface area contributed by atoms with Gasteiger partial charge in [-0.25, -0.2) is 4.68 Å². The van der Waals surface area contributed by atoms with Crippen LogP contribution in [0.1, 0.15) is 73.6 Å². The lowest BCUT2D eigenvalue weighted by atomic mass is 9.95. The van der Waals surface area contributed by atoms with Crippen LogP contribution in [0, 0.1) is 6.92 Å². The Morgan fingerprint density at radius 2 is 1.88 bits per heavy atom. The van der Waals surface area contributed by atoms with Crippen LogP contribution in [0.4, 0.5) is 0 Å². The lowest BCUT2D eigenvalue weighted by molar-refractivity contribution is 0.204. The van der Waals surface area contributed by atoms with Gasteiger partial charge in [0.15, 0.2) is 5.82 Å². The molecule has 0 radical (unpaired) electrons. The van der Waals surface area contributed by atoms with Gasteiger partial charge in [0.2, 0.25) is 0 Å². The van der Waals surface area contributed by atoms with E-state index in [4.69, 9.17) is 0 Å². The standard InChI is InChI=1S/C27H32N6O/c1-3-32(18-20-10-6-4-7-11-20)25(26-29-30-31-33(26)22-12-8-5-9-13-22)23-17-21-15-14-19(2)16-24(21)28-27(23)34/h4,6-7,10-11,14-17,22,25H,3,5,8-9,12-13,18H2,1-2H3,(H,28,34)/t25-/m1/s1. The van der Waals surface area contributed by atoms with Gasteiger partial charge in [-0.05, 0) is 65.4 Å². The molecule has 0 unspecified atom stereocenters. The zero-order valence-corrected chi connectivity index (χ0v) is 19.9. The van der Waals surface area contributed by atoms with Gasteiger partial charge < -0.3 is 4.98 Å². The number of fused-ring (bicyclic) bond motifs is 1. The van der Waals surface area contributed by atoms with Gasteiger partial charge in [-0.1, -0.05) is 68.7 Å². The normalized spacial score (nSPS) is 15.7. The van der Waals surface area contributed by atoms with Crippen LogP contribution in [0.3, 0.4) is 0 Å². The third-order valence-electron chi connectivity index (χ3n) is 7.01. The summed E-state index contributed by atoms with van der Waals surface area (Å²) < 4.78 is 2.00. The molecule has 1 fully saturated rings. The van der Waals surface area contributed by atoms with Gasteiger partial charge in [-0.15, -0.1) is 5.10 Å². The number of aromatic amines is 1. The van der Waals surface area contributed by atoms with Gasteiger partial charge in [-0.2, -0.15) is 0 Å². The highest BCUT2D eigenvalue weighted by atomic mass is 16.1. The van der Waals surface area contributed by atoms with E-state index in [1.807, 2.05) is 29.8 Å². The number of nitrogens with zero attached hydrogens (tertiary/aromatic N) is 5. The number of aryl methyl sites for hydroxylation is 1. The zero-order valence-electron chi connectivity index (χ0n) is 19.9. The second-order valence-electron chi connectivity index (χ2n) is 9.37. The van der Waals surface area contributed by atoms with Crippen molar-refractivity contribution in [1.82, 2.24) is 30.1 Å². The van der Waals surface area contributed by atoms with E-state index in [-0.39, 0.29) is 17.6 Å². The van der Waals surface area contributed by atoms with Crippen molar-refractivity contribution in [3.63, 3.8) is 0 Å². The fourth-order valence-electron chi connectivity index (χ4n) is 5.20.